The minimum absolute atomic E-state index is 0. The van der Waals surface area contributed by atoms with E-state index in [0.717, 1.165) is 62.1 Å². The van der Waals surface area contributed by atoms with E-state index in [0.29, 0.717) is 46.1 Å². The minimum Gasteiger partial charge on any atom is -0.381 e. The number of fused-ring (bicyclic) bond motifs is 2. The maximum absolute atomic E-state index is 13.8. The van der Waals surface area contributed by atoms with Crippen molar-refractivity contribution in [3.63, 3.8) is 0 Å². The molecule has 0 radical (unpaired) electrons. The lowest BCUT2D eigenvalue weighted by atomic mass is 9.82. The minimum atomic E-state index is -0.419. The Morgan fingerprint density at radius 3 is 1.29 bits per heavy atom. The summed E-state index contributed by atoms with van der Waals surface area (Å²) in [6, 6.07) is 14.3. The van der Waals surface area contributed by atoms with E-state index in [4.69, 9.17) is 9.47 Å². The van der Waals surface area contributed by atoms with Gasteiger partial charge in [0, 0.05) is 59.1 Å². The standard InChI is InChI=1S/2C19H22FNO2.2CH4/c2*1-3-12-10-15-11-14(6-9-17(15)21-19(12)20)18(22)13-4-7-16(23-2)8-5-13;;/h2*6,9-11,13,16H,3-5,7-8H2,1-2H3;2*1H4. The van der Waals surface area contributed by atoms with Gasteiger partial charge in [0.25, 0.3) is 0 Å². The highest BCUT2D eigenvalue weighted by Crippen LogP contribution is 2.31. The highest BCUT2D eigenvalue weighted by molar-refractivity contribution is 6.01. The molecule has 6 nitrogen and oxygen atoms in total. The topological polar surface area (TPSA) is 78.4 Å². The van der Waals surface area contributed by atoms with E-state index in [1.54, 1.807) is 50.6 Å². The Balaban J connectivity index is 0.000000250. The summed E-state index contributed by atoms with van der Waals surface area (Å²) in [5, 5.41) is 1.67. The van der Waals surface area contributed by atoms with E-state index in [1.807, 2.05) is 26.0 Å². The molecule has 260 valence electrons. The second-order valence-electron chi connectivity index (χ2n) is 12.5. The van der Waals surface area contributed by atoms with E-state index in [1.165, 1.54) is 0 Å². The van der Waals surface area contributed by atoms with Crippen LogP contribution in [0.4, 0.5) is 8.78 Å². The molecule has 0 atom stereocenters. The van der Waals surface area contributed by atoms with Crippen LogP contribution in [0.1, 0.15) is 112 Å². The van der Waals surface area contributed by atoms with Crippen molar-refractivity contribution in [3.8, 4) is 0 Å². The maximum Gasteiger partial charge on any atom is 0.216 e. The molecule has 2 heterocycles. The van der Waals surface area contributed by atoms with Crippen molar-refractivity contribution in [2.45, 2.75) is 105 Å². The number of rotatable bonds is 8. The van der Waals surface area contributed by atoms with Crippen molar-refractivity contribution in [1.29, 1.82) is 0 Å². The zero-order chi connectivity index (χ0) is 32.8. The quantitative estimate of drug-likeness (QED) is 0.138. The van der Waals surface area contributed by atoms with Gasteiger partial charge in [0.1, 0.15) is 0 Å². The van der Waals surface area contributed by atoms with Crippen LogP contribution in [-0.2, 0) is 22.3 Å². The van der Waals surface area contributed by atoms with Gasteiger partial charge in [0.2, 0.25) is 11.9 Å². The third-order valence-corrected chi connectivity index (χ3v) is 9.77. The van der Waals surface area contributed by atoms with Gasteiger partial charge >= 0.3 is 0 Å². The molecule has 2 aliphatic rings. The van der Waals surface area contributed by atoms with Gasteiger partial charge in [0.15, 0.2) is 11.6 Å². The molecular weight excluding hydrogens is 610 g/mol. The molecule has 2 aromatic carbocycles. The molecule has 0 N–H and O–H groups in total. The van der Waals surface area contributed by atoms with E-state index in [9.17, 15) is 18.4 Å². The van der Waals surface area contributed by atoms with Gasteiger partial charge < -0.3 is 9.47 Å². The highest BCUT2D eigenvalue weighted by Gasteiger charge is 2.28. The van der Waals surface area contributed by atoms with Crippen LogP contribution >= 0.6 is 0 Å². The summed E-state index contributed by atoms with van der Waals surface area (Å²) in [6.45, 7) is 3.80. The summed E-state index contributed by atoms with van der Waals surface area (Å²) in [6.07, 6.45) is 9.00. The number of hydrogen-bond donors (Lipinski definition) is 0. The average Bonchev–Trinajstić information content (AvgIpc) is 3.10. The predicted octanol–water partition coefficient (Wildman–Crippen LogP) is 9.92. The van der Waals surface area contributed by atoms with Crippen LogP contribution in [0, 0.1) is 23.7 Å². The lowest BCUT2D eigenvalue weighted by molar-refractivity contribution is 0.0515. The number of halogens is 2. The number of aromatic nitrogens is 2. The second-order valence-corrected chi connectivity index (χ2v) is 12.5. The Morgan fingerprint density at radius 2 is 0.979 bits per heavy atom. The summed E-state index contributed by atoms with van der Waals surface area (Å²) < 4.78 is 38.2. The van der Waals surface area contributed by atoms with Gasteiger partial charge in [0.05, 0.1) is 23.2 Å². The van der Waals surface area contributed by atoms with Crippen molar-refractivity contribution in [2.24, 2.45) is 11.8 Å². The van der Waals surface area contributed by atoms with Crippen molar-refractivity contribution in [3.05, 3.63) is 82.7 Å². The van der Waals surface area contributed by atoms with Gasteiger partial charge in [-0.3, -0.25) is 9.59 Å². The zero-order valence-corrected chi connectivity index (χ0v) is 27.3. The Kier molecular flexibility index (Phi) is 14.3. The summed E-state index contributed by atoms with van der Waals surface area (Å²) >= 11 is 0. The van der Waals surface area contributed by atoms with Crippen LogP contribution < -0.4 is 0 Å². The number of pyridine rings is 2. The molecule has 48 heavy (non-hydrogen) atoms. The Labute approximate surface area is 284 Å². The summed E-state index contributed by atoms with van der Waals surface area (Å²) in [5.41, 5.74) is 3.77. The molecule has 0 bridgehead atoms. The van der Waals surface area contributed by atoms with Crippen LogP contribution in [0.5, 0.6) is 0 Å². The first-order chi connectivity index (χ1) is 22.2. The molecule has 4 aromatic rings. The lowest BCUT2D eigenvalue weighted by Crippen LogP contribution is -2.25. The number of Topliss-reactive ketones (excluding diaryl/α,β-unsaturated/α-hetero) is 2. The molecule has 8 heteroatoms. The van der Waals surface area contributed by atoms with Crippen LogP contribution in [-0.4, -0.2) is 48.0 Å². The van der Waals surface area contributed by atoms with Crippen molar-refractivity contribution < 1.29 is 27.8 Å². The summed E-state index contributed by atoms with van der Waals surface area (Å²) in [4.78, 5) is 33.4. The normalized spacial score (nSPS) is 20.6. The number of benzene rings is 2. The fourth-order valence-electron chi connectivity index (χ4n) is 6.79. The molecule has 2 aromatic heterocycles. The molecule has 0 amide bonds. The molecule has 2 fully saturated rings. The van der Waals surface area contributed by atoms with Crippen LogP contribution in [0.2, 0.25) is 0 Å². The largest absolute Gasteiger partial charge is 0.381 e. The van der Waals surface area contributed by atoms with Crippen LogP contribution in [0.25, 0.3) is 21.8 Å². The first-order valence-electron chi connectivity index (χ1n) is 16.6. The number of methoxy groups -OCH3 is 2. The zero-order valence-electron chi connectivity index (χ0n) is 27.3. The Hall–Kier alpha value is -3.62. The molecule has 6 rings (SSSR count). The Morgan fingerprint density at radius 1 is 0.625 bits per heavy atom. The van der Waals surface area contributed by atoms with E-state index in [-0.39, 0.29) is 50.5 Å². The number of carbonyl (C=O) groups excluding carboxylic acids is 2. The first kappa shape index (κ1) is 38.8. The van der Waals surface area contributed by atoms with Crippen molar-refractivity contribution >= 4 is 33.4 Å². The van der Waals surface area contributed by atoms with Gasteiger partial charge in [-0.25, -0.2) is 9.97 Å². The number of hydrogen-bond acceptors (Lipinski definition) is 6. The van der Waals surface area contributed by atoms with E-state index >= 15 is 0 Å². The molecule has 0 saturated heterocycles. The monoisotopic (exact) mass is 662 g/mol. The van der Waals surface area contributed by atoms with Crippen LogP contribution in [0.3, 0.4) is 0 Å². The molecule has 2 aliphatic carbocycles. The van der Waals surface area contributed by atoms with Crippen molar-refractivity contribution in [1.82, 2.24) is 9.97 Å². The summed E-state index contributed by atoms with van der Waals surface area (Å²) in [5.74, 6) is -0.336. The SMILES string of the molecule is C.C.CCc1cc2cc(C(=O)C3CCC(OC)CC3)ccc2nc1F.CCc1cc2cc(C(=O)C3CCC(OC)CC3)ccc2nc1F. The van der Waals surface area contributed by atoms with Gasteiger partial charge in [-0.15, -0.1) is 0 Å². The highest BCUT2D eigenvalue weighted by atomic mass is 19.1. The van der Waals surface area contributed by atoms with E-state index < -0.39 is 11.9 Å². The van der Waals surface area contributed by atoms with E-state index in [2.05, 4.69) is 9.97 Å². The first-order valence-corrected chi connectivity index (χ1v) is 16.6. The molecule has 0 aliphatic heterocycles. The van der Waals surface area contributed by atoms with Crippen molar-refractivity contribution in [2.75, 3.05) is 14.2 Å². The number of ether oxygens (including phenoxy) is 2. The fourth-order valence-corrected chi connectivity index (χ4v) is 6.79. The number of ketones is 2. The maximum atomic E-state index is 13.8. The third-order valence-electron chi connectivity index (χ3n) is 9.77. The molecular formula is C40H52F2N2O4. The number of carbonyl (C=O) groups is 2. The number of nitrogens with zero attached hydrogens (tertiary/aromatic N) is 2. The van der Waals surface area contributed by atoms with Gasteiger partial charge in [-0.1, -0.05) is 28.7 Å². The second kappa shape index (κ2) is 17.7. The fraction of sp³-hybridized carbons (Fsp3) is 0.500. The predicted molar refractivity (Wildman–Crippen MR) is 190 cm³/mol. The lowest BCUT2D eigenvalue weighted by Gasteiger charge is -2.26. The molecule has 0 unspecified atom stereocenters. The number of aryl methyl sites for hydroxylation is 2. The Bertz CT molecular complexity index is 1570. The third kappa shape index (κ3) is 8.88. The average molecular weight is 663 g/mol. The van der Waals surface area contributed by atoms with Crippen LogP contribution in [0.15, 0.2) is 48.5 Å². The van der Waals surface area contributed by atoms with Gasteiger partial charge in [-0.2, -0.15) is 8.78 Å². The molecule has 0 spiro atoms. The smallest absolute Gasteiger partial charge is 0.216 e. The van der Waals surface area contributed by atoms with Gasteiger partial charge in [-0.05, 0) is 113 Å². The summed E-state index contributed by atoms with van der Waals surface area (Å²) in [7, 11) is 3.46. The molecule has 2 saturated carbocycles.